The second-order valence-corrected chi connectivity index (χ2v) is 4.53. The van der Waals surface area contributed by atoms with Gasteiger partial charge in [-0.05, 0) is 20.8 Å². The summed E-state index contributed by atoms with van der Waals surface area (Å²) in [6.07, 6.45) is 0. The van der Waals surface area contributed by atoms with Gasteiger partial charge in [-0.2, -0.15) is 0 Å². The van der Waals surface area contributed by atoms with Crippen molar-refractivity contribution in [3.05, 3.63) is 0 Å². The van der Waals surface area contributed by atoms with Gasteiger partial charge in [0.1, 0.15) is 5.54 Å². The largest absolute Gasteiger partial charge is 0.464 e. The smallest absolute Gasteiger partial charge is 0.332 e. The zero-order chi connectivity index (χ0) is 13.9. The summed E-state index contributed by atoms with van der Waals surface area (Å²) in [4.78, 5) is 36.5. The summed E-state index contributed by atoms with van der Waals surface area (Å²) < 4.78 is 4.70. The number of piperazine rings is 1. The van der Waals surface area contributed by atoms with Gasteiger partial charge in [0.05, 0.1) is 6.61 Å². The molecule has 1 aliphatic rings. The minimum absolute atomic E-state index is 0.156. The Morgan fingerprint density at radius 2 is 2.17 bits per heavy atom. The molecule has 0 saturated carbocycles. The second-order valence-electron chi connectivity index (χ2n) is 4.53. The number of esters is 1. The van der Waals surface area contributed by atoms with Crippen LogP contribution < -0.4 is 11.1 Å². The standard InChI is InChI=1S/C11H19N3O4/c1-4-18-9(16)7(12)8(15)14-6-5-13-10(17)11(14,2)3/h7H,4-6,12H2,1-3H3,(H,13,17). The summed E-state index contributed by atoms with van der Waals surface area (Å²) in [7, 11) is 0. The first-order chi connectivity index (χ1) is 8.32. The van der Waals surface area contributed by atoms with Gasteiger partial charge < -0.3 is 20.7 Å². The molecule has 18 heavy (non-hydrogen) atoms. The molecule has 102 valence electrons. The third-order valence-corrected chi connectivity index (χ3v) is 2.92. The van der Waals surface area contributed by atoms with Crippen LogP contribution >= 0.6 is 0 Å². The van der Waals surface area contributed by atoms with E-state index in [1.165, 1.54) is 4.90 Å². The summed E-state index contributed by atoms with van der Waals surface area (Å²) in [6, 6.07) is -1.38. The Labute approximate surface area is 106 Å². The van der Waals surface area contributed by atoms with E-state index in [1.807, 2.05) is 0 Å². The summed E-state index contributed by atoms with van der Waals surface area (Å²) in [5, 5.41) is 2.66. The van der Waals surface area contributed by atoms with E-state index < -0.39 is 23.5 Å². The first kappa shape index (κ1) is 14.4. The van der Waals surface area contributed by atoms with Crippen molar-refractivity contribution < 1.29 is 19.1 Å². The lowest BCUT2D eigenvalue weighted by Crippen LogP contribution is -2.66. The fourth-order valence-electron chi connectivity index (χ4n) is 1.79. The number of nitrogens with zero attached hydrogens (tertiary/aromatic N) is 1. The van der Waals surface area contributed by atoms with Crippen LogP contribution in [0.25, 0.3) is 0 Å². The normalized spacial score (nSPS) is 20.0. The highest BCUT2D eigenvalue weighted by molar-refractivity contribution is 6.04. The monoisotopic (exact) mass is 257 g/mol. The molecule has 1 unspecified atom stereocenters. The number of amides is 2. The molecular formula is C11H19N3O4. The lowest BCUT2D eigenvalue weighted by Gasteiger charge is -2.41. The van der Waals surface area contributed by atoms with Gasteiger partial charge in [-0.15, -0.1) is 0 Å². The fraction of sp³-hybridized carbons (Fsp3) is 0.727. The van der Waals surface area contributed by atoms with Gasteiger partial charge in [0.15, 0.2) is 6.04 Å². The van der Waals surface area contributed by atoms with Crippen molar-refractivity contribution in [1.29, 1.82) is 0 Å². The van der Waals surface area contributed by atoms with Crippen LogP contribution in [0.15, 0.2) is 0 Å². The van der Waals surface area contributed by atoms with Crippen LogP contribution in [0.1, 0.15) is 20.8 Å². The van der Waals surface area contributed by atoms with E-state index in [4.69, 9.17) is 10.5 Å². The molecule has 0 aromatic rings. The molecule has 0 aromatic heterocycles. The number of hydrogen-bond donors (Lipinski definition) is 2. The molecule has 1 fully saturated rings. The van der Waals surface area contributed by atoms with E-state index in [-0.39, 0.29) is 12.5 Å². The van der Waals surface area contributed by atoms with Gasteiger partial charge in [-0.3, -0.25) is 9.59 Å². The maximum Gasteiger partial charge on any atom is 0.332 e. The molecule has 1 rings (SSSR count). The minimum Gasteiger partial charge on any atom is -0.464 e. The predicted molar refractivity (Wildman–Crippen MR) is 63.4 cm³/mol. The van der Waals surface area contributed by atoms with Crippen molar-refractivity contribution in [2.75, 3.05) is 19.7 Å². The molecule has 0 radical (unpaired) electrons. The van der Waals surface area contributed by atoms with Crippen LogP contribution in [0.3, 0.4) is 0 Å². The molecule has 1 heterocycles. The van der Waals surface area contributed by atoms with Crippen LogP contribution in [-0.4, -0.2) is 54.0 Å². The topological polar surface area (TPSA) is 102 Å². The summed E-state index contributed by atoms with van der Waals surface area (Å²) in [6.45, 7) is 5.68. The Kier molecular flexibility index (Phi) is 4.28. The quantitative estimate of drug-likeness (QED) is 0.479. The summed E-state index contributed by atoms with van der Waals surface area (Å²) in [5.41, 5.74) is 4.53. The van der Waals surface area contributed by atoms with E-state index >= 15 is 0 Å². The maximum atomic E-state index is 12.1. The second kappa shape index (κ2) is 5.34. The number of carbonyl (C=O) groups excluding carboxylic acids is 3. The van der Waals surface area contributed by atoms with E-state index in [9.17, 15) is 14.4 Å². The van der Waals surface area contributed by atoms with Crippen molar-refractivity contribution in [3.8, 4) is 0 Å². The van der Waals surface area contributed by atoms with E-state index in [1.54, 1.807) is 20.8 Å². The highest BCUT2D eigenvalue weighted by atomic mass is 16.5. The molecule has 0 bridgehead atoms. The number of nitrogens with two attached hydrogens (primary N) is 1. The zero-order valence-corrected chi connectivity index (χ0v) is 10.9. The van der Waals surface area contributed by atoms with Crippen molar-refractivity contribution in [1.82, 2.24) is 10.2 Å². The molecular weight excluding hydrogens is 238 g/mol. The number of carbonyl (C=O) groups is 3. The predicted octanol–water partition coefficient (Wildman–Crippen LogP) is -1.39. The zero-order valence-electron chi connectivity index (χ0n) is 10.9. The Morgan fingerprint density at radius 3 is 2.72 bits per heavy atom. The number of nitrogens with one attached hydrogen (secondary N) is 1. The van der Waals surface area contributed by atoms with Crippen LogP contribution in [0.2, 0.25) is 0 Å². The Hall–Kier alpha value is -1.63. The van der Waals surface area contributed by atoms with Gasteiger partial charge in [0.25, 0.3) is 5.91 Å². The lowest BCUT2D eigenvalue weighted by atomic mass is 9.98. The summed E-state index contributed by atoms with van der Waals surface area (Å²) >= 11 is 0. The van der Waals surface area contributed by atoms with Gasteiger partial charge in [0, 0.05) is 13.1 Å². The van der Waals surface area contributed by atoms with Crippen molar-refractivity contribution >= 4 is 17.8 Å². The van der Waals surface area contributed by atoms with Gasteiger partial charge in [-0.25, -0.2) is 4.79 Å². The number of hydrogen-bond acceptors (Lipinski definition) is 5. The third kappa shape index (κ3) is 2.61. The van der Waals surface area contributed by atoms with Crippen LogP contribution in [0.4, 0.5) is 0 Å². The Balaban J connectivity index is 2.82. The van der Waals surface area contributed by atoms with Gasteiger partial charge in [-0.1, -0.05) is 0 Å². The minimum atomic E-state index is -1.38. The Morgan fingerprint density at radius 1 is 1.56 bits per heavy atom. The molecule has 1 atom stereocenters. The van der Waals surface area contributed by atoms with Crippen molar-refractivity contribution in [2.45, 2.75) is 32.4 Å². The first-order valence-electron chi connectivity index (χ1n) is 5.84. The average Bonchev–Trinajstić information content (AvgIpc) is 2.31. The Bertz CT molecular complexity index is 367. The van der Waals surface area contributed by atoms with Crippen LogP contribution in [0, 0.1) is 0 Å². The molecule has 3 N–H and O–H groups in total. The van der Waals surface area contributed by atoms with Crippen molar-refractivity contribution in [2.24, 2.45) is 5.73 Å². The molecule has 1 aliphatic heterocycles. The molecule has 2 amide bonds. The number of rotatable bonds is 3. The average molecular weight is 257 g/mol. The molecule has 0 aliphatic carbocycles. The lowest BCUT2D eigenvalue weighted by molar-refractivity contribution is -0.157. The molecule has 0 spiro atoms. The maximum absolute atomic E-state index is 12.1. The van der Waals surface area contributed by atoms with E-state index in [2.05, 4.69) is 5.32 Å². The van der Waals surface area contributed by atoms with Crippen molar-refractivity contribution in [3.63, 3.8) is 0 Å². The van der Waals surface area contributed by atoms with Gasteiger partial charge >= 0.3 is 5.97 Å². The van der Waals surface area contributed by atoms with E-state index in [0.29, 0.717) is 13.1 Å². The molecule has 0 aromatic carbocycles. The van der Waals surface area contributed by atoms with Crippen LogP contribution in [-0.2, 0) is 19.1 Å². The fourth-order valence-corrected chi connectivity index (χ4v) is 1.79. The first-order valence-corrected chi connectivity index (χ1v) is 5.84. The SMILES string of the molecule is CCOC(=O)C(N)C(=O)N1CCNC(=O)C1(C)C. The highest BCUT2D eigenvalue weighted by Crippen LogP contribution is 2.18. The third-order valence-electron chi connectivity index (χ3n) is 2.92. The van der Waals surface area contributed by atoms with Crippen LogP contribution in [0.5, 0.6) is 0 Å². The number of ether oxygens (including phenoxy) is 1. The molecule has 7 heteroatoms. The highest BCUT2D eigenvalue weighted by Gasteiger charge is 2.43. The summed E-state index contributed by atoms with van der Waals surface area (Å²) in [5.74, 6) is -1.63. The molecule has 7 nitrogen and oxygen atoms in total. The van der Waals surface area contributed by atoms with E-state index in [0.717, 1.165) is 0 Å². The molecule has 1 saturated heterocycles. The van der Waals surface area contributed by atoms with Gasteiger partial charge in [0.2, 0.25) is 5.91 Å².